The molecule has 0 bridgehead atoms. The van der Waals surface area contributed by atoms with Gasteiger partial charge in [-0.1, -0.05) is 23.7 Å². The number of rotatable bonds is 10. The third kappa shape index (κ3) is 7.59. The first-order valence-corrected chi connectivity index (χ1v) is 12.2. The number of benzene rings is 4. The van der Waals surface area contributed by atoms with Crippen molar-refractivity contribution in [3.8, 4) is 23.0 Å². The molecule has 0 atom stereocenters. The summed E-state index contributed by atoms with van der Waals surface area (Å²) in [5, 5.41) is 4.67. The Balaban J connectivity index is 1.26. The van der Waals surface area contributed by atoms with Crippen molar-refractivity contribution in [2.45, 2.75) is 6.61 Å². The molecule has 0 fully saturated rings. The van der Waals surface area contributed by atoms with Crippen LogP contribution in [0.15, 0.2) is 96.1 Å². The maximum absolute atomic E-state index is 12.5. The van der Waals surface area contributed by atoms with Crippen LogP contribution in [0.3, 0.4) is 0 Å². The highest BCUT2D eigenvalue weighted by atomic mass is 35.5. The van der Waals surface area contributed by atoms with Gasteiger partial charge in [-0.15, -0.1) is 0 Å². The monoisotopic (exact) mass is 544 g/mol. The number of ether oxygens (including phenoxy) is 4. The van der Waals surface area contributed by atoms with Gasteiger partial charge in [-0.05, 0) is 90.0 Å². The molecule has 4 rings (SSSR count). The fraction of sp³-hybridized carbons (Fsp3) is 0.100. The van der Waals surface area contributed by atoms with Crippen LogP contribution in [-0.2, 0) is 6.61 Å². The number of hydrazone groups is 1. The molecule has 198 valence electrons. The molecular weight excluding hydrogens is 520 g/mol. The van der Waals surface area contributed by atoms with Crippen LogP contribution >= 0.6 is 11.6 Å². The van der Waals surface area contributed by atoms with Gasteiger partial charge in [-0.25, -0.2) is 10.2 Å². The van der Waals surface area contributed by atoms with Gasteiger partial charge in [-0.3, -0.25) is 4.79 Å². The van der Waals surface area contributed by atoms with Crippen LogP contribution in [0.1, 0.15) is 31.8 Å². The largest absolute Gasteiger partial charge is 0.493 e. The molecule has 9 heteroatoms. The third-order valence-electron chi connectivity index (χ3n) is 5.52. The van der Waals surface area contributed by atoms with E-state index in [0.717, 1.165) is 5.56 Å². The smallest absolute Gasteiger partial charge is 0.343 e. The minimum absolute atomic E-state index is 0.321. The molecule has 0 radical (unpaired) electrons. The summed E-state index contributed by atoms with van der Waals surface area (Å²) >= 11 is 5.89. The number of halogens is 1. The number of methoxy groups -OCH3 is 2. The SMILES string of the molecule is COc1ccc(C(=O)Oc2ccc(C=NNC(=O)c3ccc(OCc4ccc(Cl)cc4)cc3)cc2)cc1OC. The molecule has 0 aliphatic rings. The zero-order valence-corrected chi connectivity index (χ0v) is 22.0. The summed E-state index contributed by atoms with van der Waals surface area (Å²) in [5.41, 5.74) is 4.93. The van der Waals surface area contributed by atoms with E-state index in [-0.39, 0.29) is 5.91 Å². The Morgan fingerprint density at radius 2 is 1.44 bits per heavy atom. The number of nitrogens with zero attached hydrogens (tertiary/aromatic N) is 1. The highest BCUT2D eigenvalue weighted by Crippen LogP contribution is 2.28. The average Bonchev–Trinajstić information content (AvgIpc) is 2.97. The summed E-state index contributed by atoms with van der Waals surface area (Å²) in [6.07, 6.45) is 1.49. The van der Waals surface area contributed by atoms with E-state index < -0.39 is 5.97 Å². The second-order valence-corrected chi connectivity index (χ2v) is 8.60. The van der Waals surface area contributed by atoms with Gasteiger partial charge in [0.1, 0.15) is 18.1 Å². The molecule has 0 saturated heterocycles. The molecule has 8 nitrogen and oxygen atoms in total. The van der Waals surface area contributed by atoms with E-state index in [0.29, 0.717) is 51.3 Å². The van der Waals surface area contributed by atoms with Crippen LogP contribution in [-0.4, -0.2) is 32.3 Å². The number of nitrogens with one attached hydrogen (secondary N) is 1. The van der Waals surface area contributed by atoms with Crippen molar-refractivity contribution in [2.24, 2.45) is 5.10 Å². The van der Waals surface area contributed by atoms with Gasteiger partial charge < -0.3 is 18.9 Å². The predicted molar refractivity (Wildman–Crippen MR) is 148 cm³/mol. The van der Waals surface area contributed by atoms with E-state index in [1.807, 2.05) is 12.1 Å². The van der Waals surface area contributed by atoms with Crippen LogP contribution in [0.4, 0.5) is 0 Å². The Hall–Kier alpha value is -4.82. The molecule has 0 aliphatic heterocycles. The van der Waals surface area contributed by atoms with Crippen molar-refractivity contribution in [1.82, 2.24) is 5.43 Å². The summed E-state index contributed by atoms with van der Waals surface area (Å²) in [5.74, 6) is 1.04. The van der Waals surface area contributed by atoms with Crippen LogP contribution in [0, 0.1) is 0 Å². The van der Waals surface area contributed by atoms with Crippen LogP contribution < -0.4 is 24.4 Å². The summed E-state index contributed by atoms with van der Waals surface area (Å²) < 4.78 is 21.6. The predicted octanol–water partition coefficient (Wildman–Crippen LogP) is 5.92. The molecule has 1 amide bonds. The lowest BCUT2D eigenvalue weighted by atomic mass is 10.2. The van der Waals surface area contributed by atoms with Crippen LogP contribution in [0.2, 0.25) is 5.02 Å². The molecule has 0 heterocycles. The average molecular weight is 545 g/mol. The van der Waals surface area contributed by atoms with Crippen molar-refractivity contribution in [3.05, 3.63) is 118 Å². The van der Waals surface area contributed by atoms with Crippen molar-refractivity contribution in [1.29, 1.82) is 0 Å². The summed E-state index contributed by atoms with van der Waals surface area (Å²) in [6.45, 7) is 0.390. The van der Waals surface area contributed by atoms with E-state index in [1.54, 1.807) is 78.9 Å². The van der Waals surface area contributed by atoms with Crippen LogP contribution in [0.25, 0.3) is 0 Å². The van der Waals surface area contributed by atoms with Crippen molar-refractivity contribution >= 4 is 29.7 Å². The number of hydrogen-bond acceptors (Lipinski definition) is 7. The van der Waals surface area contributed by atoms with Gasteiger partial charge in [0, 0.05) is 10.6 Å². The normalized spacial score (nSPS) is 10.6. The maximum Gasteiger partial charge on any atom is 0.343 e. The number of hydrogen-bond donors (Lipinski definition) is 1. The van der Waals surface area contributed by atoms with Gasteiger partial charge in [0.25, 0.3) is 5.91 Å². The number of carbonyl (C=O) groups excluding carboxylic acids is 2. The Bertz CT molecular complexity index is 1450. The van der Waals surface area contributed by atoms with Crippen molar-refractivity contribution < 1.29 is 28.5 Å². The number of esters is 1. The summed E-state index contributed by atoms with van der Waals surface area (Å²) in [4.78, 5) is 24.9. The highest BCUT2D eigenvalue weighted by Gasteiger charge is 2.13. The van der Waals surface area contributed by atoms with Crippen molar-refractivity contribution in [3.63, 3.8) is 0 Å². The van der Waals surface area contributed by atoms with E-state index in [4.69, 9.17) is 30.5 Å². The standard InChI is InChI=1S/C30H25ClN2O6/c1-36-27-16-9-23(17-28(27)37-2)30(35)39-26-12-5-20(6-13-26)18-32-33-29(34)22-7-14-25(15-8-22)38-19-21-3-10-24(31)11-4-21/h3-18H,19H2,1-2H3,(H,33,34). The first-order chi connectivity index (χ1) is 18.9. The molecule has 1 N–H and O–H groups in total. The molecular formula is C30H25ClN2O6. The lowest BCUT2D eigenvalue weighted by Crippen LogP contribution is -2.17. The minimum Gasteiger partial charge on any atom is -0.493 e. The van der Waals surface area contributed by atoms with E-state index in [9.17, 15) is 9.59 Å². The minimum atomic E-state index is -0.536. The Kier molecular flexibility index (Phi) is 9.16. The second-order valence-electron chi connectivity index (χ2n) is 8.17. The number of carbonyl (C=O) groups is 2. The molecule has 0 spiro atoms. The van der Waals surface area contributed by atoms with Gasteiger partial charge in [0.15, 0.2) is 11.5 Å². The first kappa shape index (κ1) is 27.2. The Labute approximate surface area is 230 Å². The fourth-order valence-electron chi connectivity index (χ4n) is 3.43. The maximum atomic E-state index is 12.5. The van der Waals surface area contributed by atoms with E-state index in [2.05, 4.69) is 10.5 Å². The quantitative estimate of drug-likeness (QED) is 0.115. The Morgan fingerprint density at radius 3 is 2.10 bits per heavy atom. The van der Waals surface area contributed by atoms with Gasteiger partial charge in [0.2, 0.25) is 0 Å². The molecule has 0 aliphatic carbocycles. The fourth-order valence-corrected chi connectivity index (χ4v) is 3.56. The van der Waals surface area contributed by atoms with Gasteiger partial charge in [0.05, 0.1) is 26.0 Å². The highest BCUT2D eigenvalue weighted by molar-refractivity contribution is 6.30. The summed E-state index contributed by atoms with van der Waals surface area (Å²) in [7, 11) is 3.01. The second kappa shape index (κ2) is 13.1. The molecule has 0 unspecified atom stereocenters. The van der Waals surface area contributed by atoms with Crippen LogP contribution in [0.5, 0.6) is 23.0 Å². The third-order valence-corrected chi connectivity index (χ3v) is 5.78. The van der Waals surface area contributed by atoms with E-state index >= 15 is 0 Å². The van der Waals surface area contributed by atoms with Gasteiger partial charge in [-0.2, -0.15) is 5.10 Å². The molecule has 4 aromatic carbocycles. The lowest BCUT2D eigenvalue weighted by Gasteiger charge is -2.09. The zero-order chi connectivity index (χ0) is 27.6. The topological polar surface area (TPSA) is 95.5 Å². The molecule has 0 saturated carbocycles. The molecule has 4 aromatic rings. The summed E-state index contributed by atoms with van der Waals surface area (Å²) in [6, 6.07) is 25.6. The molecule has 0 aromatic heterocycles. The Morgan fingerprint density at radius 1 is 0.795 bits per heavy atom. The van der Waals surface area contributed by atoms with Crippen molar-refractivity contribution in [2.75, 3.05) is 14.2 Å². The van der Waals surface area contributed by atoms with Gasteiger partial charge >= 0.3 is 5.97 Å². The lowest BCUT2D eigenvalue weighted by molar-refractivity contribution is 0.0734. The zero-order valence-electron chi connectivity index (χ0n) is 21.2. The van der Waals surface area contributed by atoms with E-state index in [1.165, 1.54) is 20.4 Å². The first-order valence-electron chi connectivity index (χ1n) is 11.8. The number of amides is 1. The molecule has 39 heavy (non-hydrogen) atoms.